The van der Waals surface area contributed by atoms with Crippen LogP contribution < -0.4 is 0 Å². The molecular formula is C10H19NO. The van der Waals surface area contributed by atoms with Crippen molar-refractivity contribution in [3.8, 4) is 0 Å². The number of rotatable bonds is 3. The van der Waals surface area contributed by atoms with Crippen molar-refractivity contribution in [1.29, 1.82) is 0 Å². The van der Waals surface area contributed by atoms with Crippen LogP contribution in [0, 0.1) is 0 Å². The summed E-state index contributed by atoms with van der Waals surface area (Å²) in [5, 5.41) is 0. The lowest BCUT2D eigenvalue weighted by Crippen LogP contribution is -2.36. The summed E-state index contributed by atoms with van der Waals surface area (Å²) in [5.41, 5.74) is 0. The number of Topliss-reactive ketones (excluding diaryl/α,β-unsaturated/α-hetero) is 1. The summed E-state index contributed by atoms with van der Waals surface area (Å²) in [6, 6.07) is 1.12. The fourth-order valence-electron chi connectivity index (χ4n) is 2.09. The monoisotopic (exact) mass is 169 g/mol. The molecule has 1 saturated heterocycles. The Morgan fingerprint density at radius 3 is 2.75 bits per heavy atom. The van der Waals surface area contributed by atoms with E-state index in [-0.39, 0.29) is 0 Å². The van der Waals surface area contributed by atoms with E-state index in [1.807, 2.05) is 0 Å². The molecule has 0 aromatic heterocycles. The Bertz CT molecular complexity index is 165. The molecular weight excluding hydrogens is 150 g/mol. The van der Waals surface area contributed by atoms with Crippen LogP contribution in [0.4, 0.5) is 0 Å². The van der Waals surface area contributed by atoms with Crippen LogP contribution in [-0.2, 0) is 4.79 Å². The van der Waals surface area contributed by atoms with E-state index in [1.54, 1.807) is 6.92 Å². The molecule has 70 valence electrons. The molecule has 1 fully saturated rings. The van der Waals surface area contributed by atoms with Gasteiger partial charge in [-0.3, -0.25) is 9.69 Å². The van der Waals surface area contributed by atoms with Crippen molar-refractivity contribution < 1.29 is 4.79 Å². The van der Waals surface area contributed by atoms with Gasteiger partial charge in [0, 0.05) is 18.5 Å². The molecule has 0 bridgehead atoms. The number of likely N-dealkylation sites (tertiary alicyclic amines) is 1. The average Bonchev–Trinajstić information content (AvgIpc) is 2.33. The van der Waals surface area contributed by atoms with Gasteiger partial charge in [-0.05, 0) is 40.2 Å². The highest BCUT2D eigenvalue weighted by Gasteiger charge is 2.26. The zero-order valence-corrected chi connectivity index (χ0v) is 8.34. The van der Waals surface area contributed by atoms with E-state index >= 15 is 0 Å². The van der Waals surface area contributed by atoms with Gasteiger partial charge in [0.15, 0.2) is 0 Å². The van der Waals surface area contributed by atoms with E-state index in [2.05, 4.69) is 18.7 Å². The standard InChI is InChI=1S/C10H19NO/c1-8(2)11-6-4-5-10(11)7-9(3)12/h8,10H,4-7H2,1-3H3/t10-/m0/s1. The first kappa shape index (κ1) is 9.72. The molecule has 0 unspecified atom stereocenters. The van der Waals surface area contributed by atoms with Gasteiger partial charge < -0.3 is 0 Å². The molecule has 0 radical (unpaired) electrons. The first-order chi connectivity index (χ1) is 5.61. The number of hydrogen-bond donors (Lipinski definition) is 0. The molecule has 0 N–H and O–H groups in total. The molecule has 1 atom stereocenters. The largest absolute Gasteiger partial charge is 0.300 e. The molecule has 2 heteroatoms. The molecule has 1 heterocycles. The molecule has 1 aliphatic heterocycles. The van der Waals surface area contributed by atoms with E-state index in [9.17, 15) is 4.79 Å². The fraction of sp³-hybridized carbons (Fsp3) is 0.900. The predicted molar refractivity (Wildman–Crippen MR) is 50.2 cm³/mol. The van der Waals surface area contributed by atoms with Crippen molar-refractivity contribution in [2.24, 2.45) is 0 Å². The van der Waals surface area contributed by atoms with Gasteiger partial charge in [-0.25, -0.2) is 0 Å². The third kappa shape index (κ3) is 2.31. The van der Waals surface area contributed by atoms with Gasteiger partial charge in [-0.1, -0.05) is 0 Å². The van der Waals surface area contributed by atoms with Crippen LogP contribution in [0.3, 0.4) is 0 Å². The Morgan fingerprint density at radius 1 is 1.58 bits per heavy atom. The summed E-state index contributed by atoms with van der Waals surface area (Å²) in [6.07, 6.45) is 3.21. The SMILES string of the molecule is CC(=O)C[C@@H]1CCCN1C(C)C. The van der Waals surface area contributed by atoms with Crippen LogP contribution in [0.5, 0.6) is 0 Å². The minimum absolute atomic E-state index is 0.326. The number of ketones is 1. The number of carbonyl (C=O) groups excluding carboxylic acids is 1. The third-order valence-electron chi connectivity index (χ3n) is 2.61. The van der Waals surface area contributed by atoms with Crippen molar-refractivity contribution in [3.63, 3.8) is 0 Å². The van der Waals surface area contributed by atoms with E-state index < -0.39 is 0 Å². The smallest absolute Gasteiger partial charge is 0.131 e. The lowest BCUT2D eigenvalue weighted by molar-refractivity contribution is -0.118. The van der Waals surface area contributed by atoms with Crippen LogP contribution in [0.15, 0.2) is 0 Å². The highest BCUT2D eigenvalue weighted by molar-refractivity contribution is 5.76. The molecule has 0 aromatic rings. The number of nitrogens with zero attached hydrogens (tertiary/aromatic N) is 1. The quantitative estimate of drug-likeness (QED) is 0.642. The maximum Gasteiger partial charge on any atom is 0.131 e. The molecule has 12 heavy (non-hydrogen) atoms. The fourth-order valence-corrected chi connectivity index (χ4v) is 2.09. The van der Waals surface area contributed by atoms with E-state index in [0.717, 1.165) is 6.42 Å². The second kappa shape index (κ2) is 4.04. The Hall–Kier alpha value is -0.370. The Balaban J connectivity index is 2.46. The van der Waals surface area contributed by atoms with Crippen LogP contribution in [0.25, 0.3) is 0 Å². The summed E-state index contributed by atoms with van der Waals surface area (Å²) in [6.45, 7) is 7.28. The van der Waals surface area contributed by atoms with Gasteiger partial charge in [0.2, 0.25) is 0 Å². The zero-order valence-electron chi connectivity index (χ0n) is 8.34. The second-order valence-electron chi connectivity index (χ2n) is 4.03. The van der Waals surface area contributed by atoms with Crippen LogP contribution in [0.1, 0.15) is 40.0 Å². The Labute approximate surface area is 74.9 Å². The number of carbonyl (C=O) groups is 1. The third-order valence-corrected chi connectivity index (χ3v) is 2.61. The lowest BCUT2D eigenvalue weighted by atomic mass is 10.1. The average molecular weight is 169 g/mol. The topological polar surface area (TPSA) is 20.3 Å². The zero-order chi connectivity index (χ0) is 9.14. The molecule has 0 aromatic carbocycles. The summed E-state index contributed by atoms with van der Waals surface area (Å²) in [5.74, 6) is 0.326. The van der Waals surface area contributed by atoms with Gasteiger partial charge in [0.25, 0.3) is 0 Å². The predicted octanol–water partition coefficient (Wildman–Crippen LogP) is 1.84. The molecule has 0 aliphatic carbocycles. The second-order valence-corrected chi connectivity index (χ2v) is 4.03. The van der Waals surface area contributed by atoms with E-state index in [0.29, 0.717) is 17.9 Å². The molecule has 2 nitrogen and oxygen atoms in total. The summed E-state index contributed by atoms with van der Waals surface area (Å²) < 4.78 is 0. The first-order valence-corrected chi connectivity index (χ1v) is 4.86. The van der Waals surface area contributed by atoms with Crippen molar-refractivity contribution in [1.82, 2.24) is 4.90 Å². The maximum absolute atomic E-state index is 10.9. The summed E-state index contributed by atoms with van der Waals surface area (Å²) >= 11 is 0. The summed E-state index contributed by atoms with van der Waals surface area (Å²) in [7, 11) is 0. The van der Waals surface area contributed by atoms with Crippen molar-refractivity contribution in [3.05, 3.63) is 0 Å². The van der Waals surface area contributed by atoms with E-state index in [4.69, 9.17) is 0 Å². The van der Waals surface area contributed by atoms with Gasteiger partial charge >= 0.3 is 0 Å². The summed E-state index contributed by atoms with van der Waals surface area (Å²) in [4.78, 5) is 13.4. The van der Waals surface area contributed by atoms with Crippen molar-refractivity contribution in [2.45, 2.75) is 52.1 Å². The first-order valence-electron chi connectivity index (χ1n) is 4.86. The van der Waals surface area contributed by atoms with E-state index in [1.165, 1.54) is 19.4 Å². The Kier molecular flexibility index (Phi) is 3.27. The molecule has 0 spiro atoms. The van der Waals surface area contributed by atoms with Crippen molar-refractivity contribution in [2.75, 3.05) is 6.54 Å². The molecule has 1 aliphatic rings. The number of hydrogen-bond acceptors (Lipinski definition) is 2. The highest BCUT2D eigenvalue weighted by atomic mass is 16.1. The highest BCUT2D eigenvalue weighted by Crippen LogP contribution is 2.22. The van der Waals surface area contributed by atoms with Crippen molar-refractivity contribution >= 4 is 5.78 Å². The molecule has 1 rings (SSSR count). The van der Waals surface area contributed by atoms with Crippen LogP contribution in [0.2, 0.25) is 0 Å². The molecule has 0 saturated carbocycles. The van der Waals surface area contributed by atoms with Gasteiger partial charge in [-0.2, -0.15) is 0 Å². The van der Waals surface area contributed by atoms with Crippen LogP contribution in [-0.4, -0.2) is 29.3 Å². The molecule has 0 amide bonds. The van der Waals surface area contributed by atoms with Gasteiger partial charge in [0.1, 0.15) is 5.78 Å². The minimum Gasteiger partial charge on any atom is -0.300 e. The lowest BCUT2D eigenvalue weighted by Gasteiger charge is -2.27. The van der Waals surface area contributed by atoms with Gasteiger partial charge in [0.05, 0.1) is 0 Å². The van der Waals surface area contributed by atoms with Crippen LogP contribution >= 0.6 is 0 Å². The minimum atomic E-state index is 0.326. The Morgan fingerprint density at radius 2 is 2.25 bits per heavy atom. The maximum atomic E-state index is 10.9. The normalized spacial score (nSPS) is 25.2. The van der Waals surface area contributed by atoms with Gasteiger partial charge in [-0.15, -0.1) is 0 Å².